The van der Waals surface area contributed by atoms with Crippen molar-refractivity contribution in [2.75, 3.05) is 20.1 Å². The summed E-state index contributed by atoms with van der Waals surface area (Å²) in [5.41, 5.74) is 0.887. The Bertz CT molecular complexity index is 896. The summed E-state index contributed by atoms with van der Waals surface area (Å²) in [6, 6.07) is 5.71. The molecule has 3 aromatic heterocycles. The van der Waals surface area contributed by atoms with Crippen LogP contribution in [0, 0.1) is 6.92 Å². The molecule has 0 atom stereocenters. The number of aromatic nitrogens is 4. The molecule has 0 spiro atoms. The Hall–Kier alpha value is -2.74. The Morgan fingerprint density at radius 1 is 1.35 bits per heavy atom. The first-order valence-electron chi connectivity index (χ1n) is 8.82. The van der Waals surface area contributed by atoms with Gasteiger partial charge in [0, 0.05) is 17.9 Å². The highest BCUT2D eigenvalue weighted by molar-refractivity contribution is 5.91. The minimum absolute atomic E-state index is 0.143. The predicted octanol–water partition coefficient (Wildman–Crippen LogP) is 1.76. The molecule has 1 aliphatic heterocycles. The fraction of sp³-hybridized carbons (Fsp3) is 0.444. The van der Waals surface area contributed by atoms with E-state index in [2.05, 4.69) is 27.0 Å². The van der Waals surface area contributed by atoms with Crippen molar-refractivity contribution in [3.63, 3.8) is 0 Å². The number of hydrogen-bond donors (Lipinski definition) is 0. The van der Waals surface area contributed by atoms with Crippen molar-refractivity contribution in [1.82, 2.24) is 29.4 Å². The Balaban J connectivity index is 1.64. The Kier molecular flexibility index (Phi) is 4.42. The lowest BCUT2D eigenvalue weighted by atomic mass is 10.0. The molecular weight excluding hydrogens is 332 g/mol. The number of fused-ring (bicyclic) bond motifs is 1. The summed E-state index contributed by atoms with van der Waals surface area (Å²) < 4.78 is 7.08. The molecule has 1 fully saturated rings. The maximum atomic E-state index is 13.2. The molecule has 0 aliphatic carbocycles. The van der Waals surface area contributed by atoms with Crippen molar-refractivity contribution in [2.24, 2.45) is 0 Å². The Morgan fingerprint density at radius 2 is 2.15 bits per heavy atom. The first-order chi connectivity index (χ1) is 12.6. The molecule has 0 N–H and O–H groups in total. The average molecular weight is 354 g/mol. The van der Waals surface area contributed by atoms with E-state index in [1.165, 1.54) is 0 Å². The van der Waals surface area contributed by atoms with E-state index in [1.807, 2.05) is 30.0 Å². The summed E-state index contributed by atoms with van der Waals surface area (Å²) >= 11 is 0. The average Bonchev–Trinajstić information content (AvgIpc) is 3.30. The van der Waals surface area contributed by atoms with Crippen molar-refractivity contribution in [2.45, 2.75) is 32.4 Å². The van der Waals surface area contributed by atoms with Gasteiger partial charge in [0.15, 0.2) is 0 Å². The molecule has 3 aromatic rings. The number of piperidine rings is 1. The molecule has 1 aliphatic rings. The quantitative estimate of drug-likeness (QED) is 0.710. The summed E-state index contributed by atoms with van der Waals surface area (Å²) in [6.07, 6.45) is 5.15. The number of nitrogens with zero attached hydrogens (tertiary/aromatic N) is 6. The summed E-state index contributed by atoms with van der Waals surface area (Å²) in [5, 5.41) is 4.38. The second-order valence-electron chi connectivity index (χ2n) is 6.78. The van der Waals surface area contributed by atoms with Gasteiger partial charge < -0.3 is 14.2 Å². The van der Waals surface area contributed by atoms with Gasteiger partial charge in [-0.3, -0.25) is 4.79 Å². The topological polar surface area (TPSA) is 79.8 Å². The van der Waals surface area contributed by atoms with Crippen LogP contribution in [-0.4, -0.2) is 61.5 Å². The fourth-order valence-electron chi connectivity index (χ4n) is 3.37. The van der Waals surface area contributed by atoms with Crippen molar-refractivity contribution in [3.05, 3.63) is 47.9 Å². The van der Waals surface area contributed by atoms with Gasteiger partial charge in [-0.1, -0.05) is 0 Å². The lowest BCUT2D eigenvalue weighted by Crippen LogP contribution is -2.46. The van der Waals surface area contributed by atoms with Crippen LogP contribution in [0.2, 0.25) is 0 Å². The first-order valence-corrected chi connectivity index (χ1v) is 8.82. The molecule has 1 saturated heterocycles. The monoisotopic (exact) mass is 354 g/mol. The molecule has 0 unspecified atom stereocenters. The molecule has 0 bridgehead atoms. The number of carbonyl (C=O) groups excluding carboxylic acids is 1. The van der Waals surface area contributed by atoms with Crippen LogP contribution in [0.25, 0.3) is 5.78 Å². The third-order valence-electron chi connectivity index (χ3n) is 4.92. The maximum Gasteiger partial charge on any atom is 0.294 e. The van der Waals surface area contributed by atoms with E-state index in [0.717, 1.165) is 37.4 Å². The van der Waals surface area contributed by atoms with Gasteiger partial charge in [-0.05, 0) is 58.1 Å². The zero-order valence-corrected chi connectivity index (χ0v) is 15.0. The van der Waals surface area contributed by atoms with Gasteiger partial charge in [0.05, 0.1) is 12.8 Å². The predicted molar refractivity (Wildman–Crippen MR) is 94.6 cm³/mol. The molecular formula is C18H22N6O2. The van der Waals surface area contributed by atoms with Gasteiger partial charge >= 0.3 is 0 Å². The molecule has 8 nitrogen and oxygen atoms in total. The van der Waals surface area contributed by atoms with Gasteiger partial charge in [0.2, 0.25) is 5.82 Å². The normalized spacial score (nSPS) is 16.2. The van der Waals surface area contributed by atoms with Crippen molar-refractivity contribution in [1.29, 1.82) is 0 Å². The van der Waals surface area contributed by atoms with Gasteiger partial charge in [0.25, 0.3) is 11.7 Å². The van der Waals surface area contributed by atoms with Gasteiger partial charge in [-0.25, -0.2) is 9.50 Å². The maximum absolute atomic E-state index is 13.2. The minimum atomic E-state index is -0.180. The number of carbonyl (C=O) groups is 1. The molecule has 4 rings (SSSR count). The molecule has 0 saturated carbocycles. The first kappa shape index (κ1) is 16.7. The Labute approximate surface area is 151 Å². The van der Waals surface area contributed by atoms with Crippen LogP contribution in [-0.2, 0) is 6.54 Å². The number of aryl methyl sites for hydroxylation is 1. The van der Waals surface area contributed by atoms with Crippen LogP contribution >= 0.6 is 0 Å². The summed E-state index contributed by atoms with van der Waals surface area (Å²) in [6.45, 7) is 4.26. The van der Waals surface area contributed by atoms with E-state index in [-0.39, 0.29) is 17.8 Å². The summed E-state index contributed by atoms with van der Waals surface area (Å²) in [5.74, 6) is 1.20. The van der Waals surface area contributed by atoms with Gasteiger partial charge in [-0.2, -0.15) is 4.98 Å². The minimum Gasteiger partial charge on any atom is -0.467 e. The summed E-state index contributed by atoms with van der Waals surface area (Å²) in [7, 11) is 2.10. The molecule has 8 heteroatoms. The summed E-state index contributed by atoms with van der Waals surface area (Å²) in [4.78, 5) is 25.9. The molecule has 0 radical (unpaired) electrons. The smallest absolute Gasteiger partial charge is 0.294 e. The number of hydrogen-bond acceptors (Lipinski definition) is 6. The van der Waals surface area contributed by atoms with Gasteiger partial charge in [-0.15, -0.1) is 5.10 Å². The SMILES string of the molecule is Cc1ccnc2nc(C(=O)N(Cc3ccco3)C3CCN(C)CC3)nn12. The Morgan fingerprint density at radius 3 is 2.85 bits per heavy atom. The number of amides is 1. The third kappa shape index (κ3) is 3.20. The van der Waals surface area contributed by atoms with Crippen LogP contribution in [0.5, 0.6) is 0 Å². The number of furan rings is 1. The number of rotatable bonds is 4. The van der Waals surface area contributed by atoms with Crippen LogP contribution in [0.15, 0.2) is 35.1 Å². The number of likely N-dealkylation sites (tertiary alicyclic amines) is 1. The molecule has 136 valence electrons. The van der Waals surface area contributed by atoms with E-state index in [1.54, 1.807) is 17.0 Å². The van der Waals surface area contributed by atoms with Gasteiger partial charge in [0.1, 0.15) is 5.76 Å². The van der Waals surface area contributed by atoms with E-state index < -0.39 is 0 Å². The second-order valence-corrected chi connectivity index (χ2v) is 6.78. The zero-order valence-electron chi connectivity index (χ0n) is 15.0. The van der Waals surface area contributed by atoms with Crippen LogP contribution in [0.3, 0.4) is 0 Å². The molecule has 0 aromatic carbocycles. The zero-order chi connectivity index (χ0) is 18.1. The highest BCUT2D eigenvalue weighted by atomic mass is 16.3. The lowest BCUT2D eigenvalue weighted by molar-refractivity contribution is 0.0538. The van der Waals surface area contributed by atoms with Crippen molar-refractivity contribution >= 4 is 11.7 Å². The van der Waals surface area contributed by atoms with Crippen LogP contribution in [0.4, 0.5) is 0 Å². The molecule has 4 heterocycles. The fourth-order valence-corrected chi connectivity index (χ4v) is 3.37. The second kappa shape index (κ2) is 6.87. The molecule has 26 heavy (non-hydrogen) atoms. The van der Waals surface area contributed by atoms with Crippen molar-refractivity contribution in [3.8, 4) is 0 Å². The van der Waals surface area contributed by atoms with Crippen LogP contribution < -0.4 is 0 Å². The third-order valence-corrected chi connectivity index (χ3v) is 4.92. The molecule has 1 amide bonds. The lowest BCUT2D eigenvalue weighted by Gasteiger charge is -2.36. The standard InChI is InChI=1S/C18H22N6O2/c1-13-5-8-19-18-20-16(21-24(13)18)17(25)23(12-15-4-3-11-26-15)14-6-9-22(2)10-7-14/h3-5,8,11,14H,6-7,9-10,12H2,1-2H3. The largest absolute Gasteiger partial charge is 0.467 e. The highest BCUT2D eigenvalue weighted by Crippen LogP contribution is 2.20. The van der Waals surface area contributed by atoms with E-state index in [4.69, 9.17) is 4.42 Å². The van der Waals surface area contributed by atoms with Crippen LogP contribution in [0.1, 0.15) is 34.9 Å². The van der Waals surface area contributed by atoms with E-state index in [0.29, 0.717) is 12.3 Å². The van der Waals surface area contributed by atoms with E-state index in [9.17, 15) is 4.79 Å². The highest BCUT2D eigenvalue weighted by Gasteiger charge is 2.30. The van der Waals surface area contributed by atoms with E-state index >= 15 is 0 Å². The van der Waals surface area contributed by atoms with Crippen molar-refractivity contribution < 1.29 is 9.21 Å².